The molecule has 0 saturated heterocycles. The average Bonchev–Trinajstić information content (AvgIpc) is 3.05. The summed E-state index contributed by atoms with van der Waals surface area (Å²) in [4.78, 5) is 23.4. The third-order valence-electron chi connectivity index (χ3n) is 9.43. The summed E-state index contributed by atoms with van der Waals surface area (Å²) in [6, 6.07) is 0. The molecule has 0 fully saturated rings. The highest BCUT2D eigenvalue weighted by Gasteiger charge is 2.14. The third kappa shape index (κ3) is 38.7. The van der Waals surface area contributed by atoms with Crippen LogP contribution in [0.2, 0.25) is 0 Å². The van der Waals surface area contributed by atoms with Crippen molar-refractivity contribution in [2.75, 3.05) is 0 Å². The highest BCUT2D eigenvalue weighted by molar-refractivity contribution is 5.69. The molecule has 4 nitrogen and oxygen atoms in total. The van der Waals surface area contributed by atoms with Gasteiger partial charge in [-0.1, -0.05) is 173 Å². The van der Waals surface area contributed by atoms with Gasteiger partial charge in [-0.15, -0.1) is 0 Å². The van der Waals surface area contributed by atoms with Crippen molar-refractivity contribution < 1.29 is 19.4 Å². The van der Waals surface area contributed by atoms with E-state index >= 15 is 0 Å². The molecule has 0 aromatic rings. The standard InChI is InChI=1S/C43H80O4/c1-3-5-7-9-11-13-15-17-19-20-22-24-26-29-33-37-41(38-34-30-28-31-35-39-42(44)45)47-43(46)40-36-32-27-25-23-21-18-16-14-12-10-8-6-4-2/h15,17,20,22,41H,3-14,16,18-19,21,23-40H2,1-2H3,(H,44,45)/b17-15-,22-20-. The molecule has 0 amide bonds. The van der Waals surface area contributed by atoms with E-state index in [1.165, 1.54) is 128 Å². The zero-order chi connectivity index (χ0) is 34.3. The predicted molar refractivity (Wildman–Crippen MR) is 204 cm³/mol. The molecule has 47 heavy (non-hydrogen) atoms. The van der Waals surface area contributed by atoms with Crippen LogP contribution >= 0.6 is 0 Å². The van der Waals surface area contributed by atoms with Gasteiger partial charge in [0.15, 0.2) is 0 Å². The Balaban J connectivity index is 4.07. The van der Waals surface area contributed by atoms with Gasteiger partial charge >= 0.3 is 11.9 Å². The summed E-state index contributed by atoms with van der Waals surface area (Å²) in [6.45, 7) is 4.55. The zero-order valence-corrected chi connectivity index (χ0v) is 31.6. The summed E-state index contributed by atoms with van der Waals surface area (Å²) in [5, 5.41) is 8.83. The quantitative estimate of drug-likeness (QED) is 0.0407. The number of carbonyl (C=O) groups excluding carboxylic acids is 1. The lowest BCUT2D eigenvalue weighted by Gasteiger charge is -2.18. The molecule has 0 aliphatic carbocycles. The van der Waals surface area contributed by atoms with Crippen LogP contribution in [0.1, 0.15) is 232 Å². The van der Waals surface area contributed by atoms with Gasteiger partial charge in [0.1, 0.15) is 6.10 Å². The first-order valence-electron chi connectivity index (χ1n) is 20.8. The molecular weight excluding hydrogens is 580 g/mol. The SMILES string of the molecule is CCCCCCC/C=C\C/C=C\CCCCCC(CCCCCCCC(=O)O)OC(=O)CCCCCCCCCCCCCCCC. The van der Waals surface area contributed by atoms with Crippen LogP contribution in [0, 0.1) is 0 Å². The Morgan fingerprint density at radius 2 is 0.830 bits per heavy atom. The van der Waals surface area contributed by atoms with Gasteiger partial charge < -0.3 is 9.84 Å². The summed E-state index contributed by atoms with van der Waals surface area (Å²) >= 11 is 0. The Labute approximate surface area is 293 Å². The summed E-state index contributed by atoms with van der Waals surface area (Å²) < 4.78 is 6.00. The zero-order valence-electron chi connectivity index (χ0n) is 31.6. The monoisotopic (exact) mass is 661 g/mol. The van der Waals surface area contributed by atoms with Crippen LogP contribution in [0.15, 0.2) is 24.3 Å². The Hall–Kier alpha value is -1.58. The lowest BCUT2D eigenvalue weighted by Crippen LogP contribution is -2.18. The van der Waals surface area contributed by atoms with Crippen molar-refractivity contribution in [2.45, 2.75) is 238 Å². The molecule has 1 atom stereocenters. The van der Waals surface area contributed by atoms with Crippen LogP contribution in [-0.2, 0) is 14.3 Å². The average molecular weight is 661 g/mol. The molecule has 0 spiro atoms. The van der Waals surface area contributed by atoms with Gasteiger partial charge in [-0.2, -0.15) is 0 Å². The van der Waals surface area contributed by atoms with Crippen LogP contribution in [0.25, 0.3) is 0 Å². The minimum absolute atomic E-state index is 0.00709. The van der Waals surface area contributed by atoms with Crippen molar-refractivity contribution in [3.05, 3.63) is 24.3 Å². The van der Waals surface area contributed by atoms with Gasteiger partial charge in [0.05, 0.1) is 0 Å². The molecule has 276 valence electrons. The number of carboxylic acids is 1. The van der Waals surface area contributed by atoms with Gasteiger partial charge in [-0.3, -0.25) is 9.59 Å². The minimum atomic E-state index is -0.702. The predicted octanol–water partition coefficient (Wildman–Crippen LogP) is 14.4. The van der Waals surface area contributed by atoms with Crippen LogP contribution in [0.5, 0.6) is 0 Å². The molecule has 0 aromatic carbocycles. The van der Waals surface area contributed by atoms with Crippen molar-refractivity contribution in [1.82, 2.24) is 0 Å². The highest BCUT2D eigenvalue weighted by atomic mass is 16.5. The number of hydrogen-bond acceptors (Lipinski definition) is 3. The number of ether oxygens (including phenoxy) is 1. The molecular formula is C43H80O4. The molecule has 0 bridgehead atoms. The van der Waals surface area contributed by atoms with Crippen LogP contribution < -0.4 is 0 Å². The van der Waals surface area contributed by atoms with E-state index in [-0.39, 0.29) is 18.5 Å². The Morgan fingerprint density at radius 1 is 0.468 bits per heavy atom. The second-order valence-corrected chi connectivity index (χ2v) is 14.2. The van der Waals surface area contributed by atoms with Crippen LogP contribution in [0.4, 0.5) is 0 Å². The van der Waals surface area contributed by atoms with Crippen molar-refractivity contribution in [1.29, 1.82) is 0 Å². The lowest BCUT2D eigenvalue weighted by atomic mass is 10.0. The maximum absolute atomic E-state index is 12.7. The van der Waals surface area contributed by atoms with Gasteiger partial charge in [0.2, 0.25) is 0 Å². The first-order valence-corrected chi connectivity index (χ1v) is 20.8. The third-order valence-corrected chi connectivity index (χ3v) is 9.43. The van der Waals surface area contributed by atoms with Gasteiger partial charge in [0, 0.05) is 12.8 Å². The minimum Gasteiger partial charge on any atom is -0.481 e. The number of carbonyl (C=O) groups is 2. The van der Waals surface area contributed by atoms with Crippen molar-refractivity contribution in [3.8, 4) is 0 Å². The van der Waals surface area contributed by atoms with E-state index in [2.05, 4.69) is 38.2 Å². The first-order chi connectivity index (χ1) is 23.1. The van der Waals surface area contributed by atoms with E-state index in [0.717, 1.165) is 77.0 Å². The second kappa shape index (κ2) is 38.9. The van der Waals surface area contributed by atoms with E-state index in [1.807, 2.05) is 0 Å². The van der Waals surface area contributed by atoms with Gasteiger partial charge in [0.25, 0.3) is 0 Å². The normalized spacial score (nSPS) is 12.4. The van der Waals surface area contributed by atoms with Crippen molar-refractivity contribution in [2.24, 2.45) is 0 Å². The Bertz CT molecular complexity index is 713. The second-order valence-electron chi connectivity index (χ2n) is 14.2. The molecule has 0 saturated carbocycles. The molecule has 1 unspecified atom stereocenters. The molecule has 1 N–H and O–H groups in total. The lowest BCUT2D eigenvalue weighted by molar-refractivity contribution is -0.150. The summed E-state index contributed by atoms with van der Waals surface area (Å²) in [6.07, 6.45) is 49.1. The Kier molecular flexibility index (Phi) is 37.6. The fraction of sp³-hybridized carbons (Fsp3) is 0.860. The number of allylic oxidation sites excluding steroid dienone is 4. The smallest absolute Gasteiger partial charge is 0.306 e. The fourth-order valence-corrected chi connectivity index (χ4v) is 6.33. The largest absolute Gasteiger partial charge is 0.481 e. The maximum Gasteiger partial charge on any atom is 0.306 e. The summed E-state index contributed by atoms with van der Waals surface area (Å²) in [5.74, 6) is -0.709. The summed E-state index contributed by atoms with van der Waals surface area (Å²) in [7, 11) is 0. The number of rotatable bonds is 38. The van der Waals surface area contributed by atoms with E-state index < -0.39 is 5.97 Å². The first kappa shape index (κ1) is 45.4. The van der Waals surface area contributed by atoms with E-state index in [1.54, 1.807) is 0 Å². The van der Waals surface area contributed by atoms with E-state index in [9.17, 15) is 9.59 Å². The van der Waals surface area contributed by atoms with Crippen LogP contribution in [0.3, 0.4) is 0 Å². The van der Waals surface area contributed by atoms with E-state index in [0.29, 0.717) is 6.42 Å². The topological polar surface area (TPSA) is 63.6 Å². The Morgan fingerprint density at radius 3 is 1.28 bits per heavy atom. The molecule has 0 rings (SSSR count). The highest BCUT2D eigenvalue weighted by Crippen LogP contribution is 2.19. The molecule has 0 heterocycles. The maximum atomic E-state index is 12.7. The molecule has 0 aliphatic heterocycles. The molecule has 0 aromatic heterocycles. The number of unbranched alkanes of at least 4 members (excludes halogenated alkanes) is 25. The number of esters is 1. The fourth-order valence-electron chi connectivity index (χ4n) is 6.33. The van der Waals surface area contributed by atoms with Gasteiger partial charge in [-0.25, -0.2) is 0 Å². The van der Waals surface area contributed by atoms with Crippen LogP contribution in [-0.4, -0.2) is 23.1 Å². The molecule has 0 radical (unpaired) electrons. The molecule has 0 aliphatic rings. The summed E-state index contributed by atoms with van der Waals surface area (Å²) in [5.41, 5.74) is 0. The van der Waals surface area contributed by atoms with Gasteiger partial charge in [-0.05, 0) is 70.6 Å². The number of hydrogen-bond donors (Lipinski definition) is 1. The number of carboxylic acid groups (broad SMARTS) is 1. The number of aliphatic carboxylic acids is 1. The van der Waals surface area contributed by atoms with E-state index in [4.69, 9.17) is 9.84 Å². The van der Waals surface area contributed by atoms with Crippen molar-refractivity contribution in [3.63, 3.8) is 0 Å². The molecule has 4 heteroatoms. The van der Waals surface area contributed by atoms with Crippen molar-refractivity contribution >= 4 is 11.9 Å².